The van der Waals surface area contributed by atoms with Crippen molar-refractivity contribution in [1.82, 2.24) is 15.6 Å². The van der Waals surface area contributed by atoms with Crippen LogP contribution >= 0.6 is 47.2 Å². The minimum absolute atomic E-state index is 0. The second-order valence-corrected chi connectivity index (χ2v) is 5.98. The zero-order chi connectivity index (χ0) is 16.7. The van der Waals surface area contributed by atoms with Crippen LogP contribution in [0.4, 0.5) is 0 Å². The van der Waals surface area contributed by atoms with Crippen LogP contribution in [0.2, 0.25) is 10.0 Å². The lowest BCUT2D eigenvalue weighted by atomic mass is 10.0. The molecule has 1 atom stereocenters. The molecule has 4 nitrogen and oxygen atoms in total. The van der Waals surface area contributed by atoms with Gasteiger partial charge in [-0.25, -0.2) is 0 Å². The molecule has 0 saturated heterocycles. The molecule has 2 N–H and O–H groups in total. The molecule has 0 amide bonds. The van der Waals surface area contributed by atoms with Crippen LogP contribution in [-0.2, 0) is 6.54 Å². The number of hydrogen-bond acceptors (Lipinski definition) is 2. The summed E-state index contributed by atoms with van der Waals surface area (Å²) < 4.78 is 0. The monoisotopic (exact) mass is 478 g/mol. The number of nitrogens with one attached hydrogen (secondary N) is 2. The van der Waals surface area contributed by atoms with Crippen molar-refractivity contribution >= 4 is 53.1 Å². The fourth-order valence-electron chi connectivity index (χ4n) is 2.23. The summed E-state index contributed by atoms with van der Waals surface area (Å²) in [5.41, 5.74) is 1.90. The minimum Gasteiger partial charge on any atom is -0.356 e. The molecule has 24 heavy (non-hydrogen) atoms. The van der Waals surface area contributed by atoms with Crippen LogP contribution in [-0.4, -0.2) is 24.5 Å². The van der Waals surface area contributed by atoms with Gasteiger partial charge in [0.25, 0.3) is 0 Å². The van der Waals surface area contributed by atoms with Gasteiger partial charge in [-0.3, -0.25) is 9.98 Å². The van der Waals surface area contributed by atoms with E-state index in [1.54, 1.807) is 13.2 Å². The first-order valence-electron chi connectivity index (χ1n) is 7.40. The maximum Gasteiger partial charge on any atom is 0.191 e. The zero-order valence-corrected chi connectivity index (χ0v) is 17.4. The summed E-state index contributed by atoms with van der Waals surface area (Å²) in [5.74, 6) is 0.871. The largest absolute Gasteiger partial charge is 0.356 e. The van der Waals surface area contributed by atoms with E-state index in [-0.39, 0.29) is 29.9 Å². The molecule has 2 aromatic rings. The molecule has 1 heterocycles. The average molecular weight is 479 g/mol. The summed E-state index contributed by atoms with van der Waals surface area (Å²) in [7, 11) is 1.74. The van der Waals surface area contributed by atoms with E-state index < -0.39 is 0 Å². The summed E-state index contributed by atoms with van der Waals surface area (Å²) in [4.78, 5) is 8.49. The van der Waals surface area contributed by atoms with Gasteiger partial charge >= 0.3 is 0 Å². The van der Waals surface area contributed by atoms with Crippen molar-refractivity contribution in [3.8, 4) is 0 Å². The van der Waals surface area contributed by atoms with Gasteiger partial charge in [0.15, 0.2) is 5.96 Å². The van der Waals surface area contributed by atoms with Gasteiger partial charge in [0, 0.05) is 35.8 Å². The molecule has 0 fully saturated rings. The zero-order valence-electron chi connectivity index (χ0n) is 13.6. The second kappa shape index (κ2) is 10.7. The fraction of sp³-hybridized carbons (Fsp3) is 0.294. The number of pyridine rings is 1. The molecule has 0 radical (unpaired) electrons. The molecular weight excluding hydrogens is 458 g/mol. The summed E-state index contributed by atoms with van der Waals surface area (Å²) in [6.45, 7) is 3.36. The Morgan fingerprint density at radius 2 is 1.83 bits per heavy atom. The van der Waals surface area contributed by atoms with E-state index in [0.717, 1.165) is 11.3 Å². The number of hydrogen-bond donors (Lipinski definition) is 2. The van der Waals surface area contributed by atoms with E-state index in [1.807, 2.05) is 36.4 Å². The number of halogens is 3. The first-order chi connectivity index (χ1) is 11.1. The molecule has 0 aliphatic heterocycles. The topological polar surface area (TPSA) is 49.3 Å². The molecule has 1 unspecified atom stereocenters. The van der Waals surface area contributed by atoms with Crippen molar-refractivity contribution in [3.05, 3.63) is 63.9 Å². The Labute approximate surface area is 170 Å². The first-order valence-corrected chi connectivity index (χ1v) is 8.15. The van der Waals surface area contributed by atoms with Crippen LogP contribution in [0.1, 0.15) is 24.1 Å². The Hall–Kier alpha value is -1.05. The van der Waals surface area contributed by atoms with Gasteiger partial charge in [-0.05, 0) is 29.8 Å². The van der Waals surface area contributed by atoms with Crippen molar-refractivity contribution in [2.45, 2.75) is 19.4 Å². The third-order valence-electron chi connectivity index (χ3n) is 3.45. The van der Waals surface area contributed by atoms with E-state index in [1.165, 1.54) is 0 Å². The Kier molecular flexibility index (Phi) is 9.39. The van der Waals surface area contributed by atoms with Gasteiger partial charge in [0.1, 0.15) is 0 Å². The van der Waals surface area contributed by atoms with E-state index in [2.05, 4.69) is 27.5 Å². The highest BCUT2D eigenvalue weighted by Crippen LogP contribution is 2.30. The third kappa shape index (κ3) is 6.11. The number of benzene rings is 1. The SMILES string of the molecule is CN=C(NCc1ccccn1)NCC(C)c1c(Cl)cccc1Cl.I. The molecule has 7 heteroatoms. The van der Waals surface area contributed by atoms with E-state index in [4.69, 9.17) is 23.2 Å². The number of rotatable bonds is 5. The van der Waals surface area contributed by atoms with Crippen molar-refractivity contribution in [2.24, 2.45) is 4.99 Å². The smallest absolute Gasteiger partial charge is 0.191 e. The third-order valence-corrected chi connectivity index (χ3v) is 4.11. The van der Waals surface area contributed by atoms with Crippen LogP contribution in [0.5, 0.6) is 0 Å². The van der Waals surface area contributed by atoms with Crippen LogP contribution in [0, 0.1) is 0 Å². The molecule has 130 valence electrons. The summed E-state index contributed by atoms with van der Waals surface area (Å²) in [6.07, 6.45) is 1.77. The van der Waals surface area contributed by atoms with Gasteiger partial charge < -0.3 is 10.6 Å². The lowest BCUT2D eigenvalue weighted by Crippen LogP contribution is -2.38. The molecule has 0 saturated carbocycles. The summed E-state index contributed by atoms with van der Waals surface area (Å²) in [5, 5.41) is 7.89. The molecule has 0 bridgehead atoms. The Morgan fingerprint density at radius 1 is 1.12 bits per heavy atom. The standard InChI is InChI=1S/C17H20Cl2N4.HI/c1-12(16-14(18)7-5-8-15(16)19)10-22-17(20-2)23-11-13-6-3-4-9-21-13;/h3-9,12H,10-11H2,1-2H3,(H2,20,22,23);1H. The predicted molar refractivity (Wildman–Crippen MR) is 113 cm³/mol. The van der Waals surface area contributed by atoms with E-state index >= 15 is 0 Å². The quantitative estimate of drug-likeness (QED) is 0.378. The molecular formula is C17H21Cl2IN4. The second-order valence-electron chi connectivity index (χ2n) is 5.16. The molecule has 0 spiro atoms. The van der Waals surface area contributed by atoms with Crippen molar-refractivity contribution in [1.29, 1.82) is 0 Å². The highest BCUT2D eigenvalue weighted by atomic mass is 127. The number of aliphatic imine (C=N–C) groups is 1. The van der Waals surface area contributed by atoms with Crippen molar-refractivity contribution in [2.75, 3.05) is 13.6 Å². The maximum atomic E-state index is 6.25. The van der Waals surface area contributed by atoms with Crippen molar-refractivity contribution < 1.29 is 0 Å². The van der Waals surface area contributed by atoms with Crippen molar-refractivity contribution in [3.63, 3.8) is 0 Å². The molecule has 0 aliphatic rings. The van der Waals surface area contributed by atoms with Crippen LogP contribution in [0.25, 0.3) is 0 Å². The number of guanidine groups is 1. The van der Waals surface area contributed by atoms with Gasteiger partial charge in [-0.1, -0.05) is 42.3 Å². The van der Waals surface area contributed by atoms with Gasteiger partial charge in [0.05, 0.1) is 12.2 Å². The first kappa shape index (κ1) is 21.0. The van der Waals surface area contributed by atoms with E-state index in [9.17, 15) is 0 Å². The van der Waals surface area contributed by atoms with Gasteiger partial charge in [0.2, 0.25) is 0 Å². The number of nitrogens with zero attached hydrogens (tertiary/aromatic N) is 2. The fourth-order valence-corrected chi connectivity index (χ4v) is 3.00. The lowest BCUT2D eigenvalue weighted by molar-refractivity contribution is 0.697. The summed E-state index contributed by atoms with van der Waals surface area (Å²) in [6, 6.07) is 11.4. The highest BCUT2D eigenvalue weighted by molar-refractivity contribution is 14.0. The van der Waals surface area contributed by atoms with Gasteiger partial charge in [-0.2, -0.15) is 0 Å². The van der Waals surface area contributed by atoms with E-state index in [0.29, 0.717) is 29.1 Å². The molecule has 1 aromatic carbocycles. The Morgan fingerprint density at radius 3 is 2.42 bits per heavy atom. The van der Waals surface area contributed by atoms with Gasteiger partial charge in [-0.15, -0.1) is 24.0 Å². The molecule has 0 aliphatic carbocycles. The molecule has 1 aromatic heterocycles. The highest BCUT2D eigenvalue weighted by Gasteiger charge is 2.14. The summed E-state index contributed by atoms with van der Waals surface area (Å²) >= 11 is 12.5. The molecule has 2 rings (SSSR count). The number of aromatic nitrogens is 1. The average Bonchev–Trinajstić information content (AvgIpc) is 2.56. The van der Waals surface area contributed by atoms with Crippen LogP contribution < -0.4 is 10.6 Å². The Bertz CT molecular complexity index is 645. The minimum atomic E-state index is 0. The van der Waals surface area contributed by atoms with Crippen LogP contribution in [0.3, 0.4) is 0 Å². The maximum absolute atomic E-state index is 6.25. The lowest BCUT2D eigenvalue weighted by Gasteiger charge is -2.18. The van der Waals surface area contributed by atoms with Crippen LogP contribution in [0.15, 0.2) is 47.6 Å². The Balaban J connectivity index is 0.00000288. The predicted octanol–water partition coefficient (Wildman–Crippen LogP) is 4.48. The normalized spacial score (nSPS) is 12.2.